The average molecular weight is 318 g/mol. The molecule has 0 amide bonds. The number of benzene rings is 1. The Balaban J connectivity index is 2.91. The molecule has 5 nitrogen and oxygen atoms in total. The fourth-order valence-corrected chi connectivity index (χ4v) is 2.85. The Morgan fingerprint density at radius 3 is 2.50 bits per heavy atom. The van der Waals surface area contributed by atoms with Gasteiger partial charge in [-0.1, -0.05) is 29.8 Å². The van der Waals surface area contributed by atoms with Crippen LogP contribution in [0.25, 0.3) is 6.08 Å². The summed E-state index contributed by atoms with van der Waals surface area (Å²) in [4.78, 5) is 11.4. The molecular weight excluding hydrogens is 302 g/mol. The van der Waals surface area contributed by atoms with E-state index in [-0.39, 0.29) is 0 Å². The number of nitrogens with one attached hydrogen (secondary N) is 1. The first-order chi connectivity index (χ1) is 9.18. The highest BCUT2D eigenvalue weighted by Crippen LogP contribution is 2.17. The van der Waals surface area contributed by atoms with E-state index in [0.717, 1.165) is 5.41 Å². The third-order valence-corrected chi connectivity index (χ3v) is 4.06. The van der Waals surface area contributed by atoms with E-state index >= 15 is 0 Å². The molecule has 0 bridgehead atoms. The molecule has 0 saturated carbocycles. The summed E-state index contributed by atoms with van der Waals surface area (Å²) in [5.74, 6) is -0.674. The van der Waals surface area contributed by atoms with Gasteiger partial charge in [-0.2, -0.15) is 4.72 Å². The lowest BCUT2D eigenvalue weighted by molar-refractivity contribution is -0.146. The number of hydrogen-bond acceptors (Lipinski definition) is 4. The van der Waals surface area contributed by atoms with Crippen LogP contribution in [0.1, 0.15) is 19.4 Å². The van der Waals surface area contributed by atoms with Crippen LogP contribution < -0.4 is 4.72 Å². The first-order valence-corrected chi connectivity index (χ1v) is 7.65. The monoisotopic (exact) mass is 317 g/mol. The zero-order valence-corrected chi connectivity index (χ0v) is 13.0. The summed E-state index contributed by atoms with van der Waals surface area (Å²) in [5, 5.41) is 1.39. The minimum Gasteiger partial charge on any atom is -0.468 e. The minimum absolute atomic E-state index is 0.436. The summed E-state index contributed by atoms with van der Waals surface area (Å²) in [6.45, 7) is 2.83. The molecule has 0 aromatic heterocycles. The van der Waals surface area contributed by atoms with Gasteiger partial charge in [0.1, 0.15) is 5.54 Å². The van der Waals surface area contributed by atoms with Crippen molar-refractivity contribution in [1.82, 2.24) is 4.72 Å². The van der Waals surface area contributed by atoms with Gasteiger partial charge in [-0.25, -0.2) is 8.42 Å². The van der Waals surface area contributed by atoms with E-state index in [1.54, 1.807) is 24.3 Å². The lowest BCUT2D eigenvalue weighted by atomic mass is 10.1. The third kappa shape index (κ3) is 4.63. The summed E-state index contributed by atoms with van der Waals surface area (Å²) in [5.41, 5.74) is -0.784. The Hall–Kier alpha value is -1.37. The van der Waals surface area contributed by atoms with Crippen LogP contribution in [0.15, 0.2) is 29.7 Å². The second-order valence-corrected chi connectivity index (χ2v) is 6.56. The largest absolute Gasteiger partial charge is 0.468 e. The van der Waals surface area contributed by atoms with Crippen LogP contribution in [-0.2, 0) is 19.6 Å². The predicted molar refractivity (Wildman–Crippen MR) is 78.6 cm³/mol. The van der Waals surface area contributed by atoms with Crippen molar-refractivity contribution in [2.45, 2.75) is 19.4 Å². The summed E-state index contributed by atoms with van der Waals surface area (Å²) in [7, 11) is -2.61. The third-order valence-electron chi connectivity index (χ3n) is 2.43. The Bertz CT molecular complexity index is 623. The van der Waals surface area contributed by atoms with Gasteiger partial charge in [-0.05, 0) is 31.6 Å². The van der Waals surface area contributed by atoms with Crippen molar-refractivity contribution in [3.05, 3.63) is 40.3 Å². The van der Waals surface area contributed by atoms with Gasteiger partial charge < -0.3 is 4.74 Å². The lowest BCUT2D eigenvalue weighted by Gasteiger charge is -2.21. The highest BCUT2D eigenvalue weighted by Gasteiger charge is 2.32. The lowest BCUT2D eigenvalue weighted by Crippen LogP contribution is -2.49. The molecule has 1 aromatic rings. The predicted octanol–water partition coefficient (Wildman–Crippen LogP) is 2.18. The molecule has 0 atom stereocenters. The van der Waals surface area contributed by atoms with E-state index in [1.165, 1.54) is 27.0 Å². The number of esters is 1. The maximum atomic E-state index is 11.9. The van der Waals surface area contributed by atoms with Gasteiger partial charge in [-0.3, -0.25) is 4.79 Å². The van der Waals surface area contributed by atoms with E-state index in [2.05, 4.69) is 9.46 Å². The minimum atomic E-state index is -3.80. The maximum Gasteiger partial charge on any atom is 0.326 e. The van der Waals surface area contributed by atoms with E-state index in [0.29, 0.717) is 10.6 Å². The number of rotatable bonds is 5. The van der Waals surface area contributed by atoms with Gasteiger partial charge >= 0.3 is 5.97 Å². The number of methoxy groups -OCH3 is 1. The molecule has 1 N–H and O–H groups in total. The Morgan fingerprint density at radius 2 is 1.95 bits per heavy atom. The summed E-state index contributed by atoms with van der Waals surface area (Å²) in [6, 6.07) is 6.82. The number of carbonyl (C=O) groups excluding carboxylic acids is 1. The van der Waals surface area contributed by atoms with Crippen LogP contribution in [0, 0.1) is 0 Å². The Morgan fingerprint density at radius 1 is 1.35 bits per heavy atom. The van der Waals surface area contributed by atoms with Gasteiger partial charge in [0.05, 0.1) is 7.11 Å². The number of halogens is 1. The topological polar surface area (TPSA) is 72.5 Å². The van der Waals surface area contributed by atoms with E-state index < -0.39 is 21.5 Å². The van der Waals surface area contributed by atoms with Crippen LogP contribution >= 0.6 is 11.6 Å². The molecule has 110 valence electrons. The highest BCUT2D eigenvalue weighted by molar-refractivity contribution is 7.92. The fourth-order valence-electron chi connectivity index (χ4n) is 1.46. The second kappa shape index (κ2) is 6.39. The van der Waals surface area contributed by atoms with Gasteiger partial charge in [0, 0.05) is 10.4 Å². The number of sulfonamides is 1. The van der Waals surface area contributed by atoms with Crippen molar-refractivity contribution in [2.24, 2.45) is 0 Å². The SMILES string of the molecule is COC(=O)C(C)(C)NS(=O)(=O)C=Cc1ccccc1Cl. The molecule has 0 spiro atoms. The molecular formula is C13H16ClNO4S. The molecule has 0 heterocycles. The maximum absolute atomic E-state index is 11.9. The molecule has 0 aliphatic carbocycles. The summed E-state index contributed by atoms with van der Waals surface area (Å²) >= 11 is 5.92. The van der Waals surface area contributed by atoms with Crippen molar-refractivity contribution >= 4 is 33.7 Å². The zero-order valence-electron chi connectivity index (χ0n) is 11.4. The molecule has 7 heteroatoms. The molecule has 20 heavy (non-hydrogen) atoms. The summed E-state index contributed by atoms with van der Waals surface area (Å²) in [6.07, 6.45) is 1.36. The van der Waals surface area contributed by atoms with Crippen LogP contribution in [-0.4, -0.2) is 27.0 Å². The van der Waals surface area contributed by atoms with Crippen molar-refractivity contribution < 1.29 is 17.9 Å². The van der Waals surface area contributed by atoms with Gasteiger partial charge in [0.15, 0.2) is 0 Å². The van der Waals surface area contributed by atoms with Crippen molar-refractivity contribution in [2.75, 3.05) is 7.11 Å². The molecule has 0 saturated heterocycles. The molecule has 0 aliphatic heterocycles. The fraction of sp³-hybridized carbons (Fsp3) is 0.308. The smallest absolute Gasteiger partial charge is 0.326 e. The van der Waals surface area contributed by atoms with Crippen LogP contribution in [0.4, 0.5) is 0 Å². The normalized spacial score (nSPS) is 12.6. The molecule has 0 unspecified atom stereocenters. The van der Waals surface area contributed by atoms with Crippen LogP contribution in [0.5, 0.6) is 0 Å². The second-order valence-electron chi connectivity index (χ2n) is 4.59. The van der Waals surface area contributed by atoms with Crippen molar-refractivity contribution in [3.8, 4) is 0 Å². The standard InChI is InChI=1S/C13H16ClNO4S/c1-13(2,12(16)19-3)15-20(17,18)9-8-10-6-4-5-7-11(10)14/h4-9,15H,1-3H3. The van der Waals surface area contributed by atoms with Crippen LogP contribution in [0.3, 0.4) is 0 Å². The average Bonchev–Trinajstić information content (AvgIpc) is 2.35. The van der Waals surface area contributed by atoms with Gasteiger partial charge in [0.2, 0.25) is 10.0 Å². The van der Waals surface area contributed by atoms with Crippen LogP contribution in [0.2, 0.25) is 5.02 Å². The van der Waals surface area contributed by atoms with Gasteiger partial charge in [-0.15, -0.1) is 0 Å². The first kappa shape index (κ1) is 16.7. The molecule has 0 radical (unpaired) electrons. The van der Waals surface area contributed by atoms with Gasteiger partial charge in [0.25, 0.3) is 0 Å². The molecule has 1 rings (SSSR count). The number of carbonyl (C=O) groups is 1. The van der Waals surface area contributed by atoms with E-state index in [4.69, 9.17) is 11.6 Å². The number of ether oxygens (including phenoxy) is 1. The van der Waals surface area contributed by atoms with Crippen molar-refractivity contribution in [1.29, 1.82) is 0 Å². The molecule has 0 fully saturated rings. The number of hydrogen-bond donors (Lipinski definition) is 1. The zero-order chi connectivity index (χ0) is 15.4. The highest BCUT2D eigenvalue weighted by atomic mass is 35.5. The molecule has 0 aliphatic rings. The Kier molecular flexibility index (Phi) is 5.33. The quantitative estimate of drug-likeness (QED) is 0.845. The first-order valence-electron chi connectivity index (χ1n) is 5.73. The Labute approximate surface area is 123 Å². The summed E-state index contributed by atoms with van der Waals surface area (Å²) < 4.78 is 30.6. The van der Waals surface area contributed by atoms with E-state index in [9.17, 15) is 13.2 Å². The molecule has 1 aromatic carbocycles. The van der Waals surface area contributed by atoms with E-state index in [1.807, 2.05) is 0 Å². The van der Waals surface area contributed by atoms with Crippen molar-refractivity contribution in [3.63, 3.8) is 0 Å².